The van der Waals surface area contributed by atoms with Gasteiger partial charge in [0.25, 0.3) is 12.3 Å². The van der Waals surface area contributed by atoms with Crippen molar-refractivity contribution in [2.75, 3.05) is 0 Å². The van der Waals surface area contributed by atoms with Crippen LogP contribution in [0, 0.1) is 6.92 Å². The Kier molecular flexibility index (Phi) is 3.67. The predicted octanol–water partition coefficient (Wildman–Crippen LogP) is 4.16. The van der Waals surface area contributed by atoms with Gasteiger partial charge >= 0.3 is 0 Å². The molecular weight excluding hydrogens is 332 g/mol. The van der Waals surface area contributed by atoms with Crippen molar-refractivity contribution in [3.05, 3.63) is 40.9 Å². The van der Waals surface area contributed by atoms with Crippen LogP contribution in [0.2, 0.25) is 0 Å². The van der Waals surface area contributed by atoms with E-state index in [0.717, 1.165) is 6.42 Å². The number of carbonyl (C=O) groups excluding carboxylic acids is 1. The number of aromatic nitrogens is 3. The number of Topliss-reactive ketones (excluding diaryl/α,β-unsaturated/α-hetero) is 1. The predicted molar refractivity (Wildman–Crippen MR) is 82.2 cm³/mol. The van der Waals surface area contributed by atoms with Gasteiger partial charge in [-0.15, -0.1) is 0 Å². The minimum Gasteiger partial charge on any atom is -0.455 e. The molecule has 8 heteroatoms. The van der Waals surface area contributed by atoms with Crippen LogP contribution in [0.3, 0.4) is 0 Å². The molecule has 25 heavy (non-hydrogen) atoms. The molecule has 6 nitrogen and oxygen atoms in total. The molecule has 0 spiro atoms. The van der Waals surface area contributed by atoms with Gasteiger partial charge in [0, 0.05) is 30.2 Å². The molecule has 0 aromatic carbocycles. The Bertz CT molecular complexity index is 945. The van der Waals surface area contributed by atoms with Gasteiger partial charge < -0.3 is 8.94 Å². The zero-order chi connectivity index (χ0) is 17.6. The van der Waals surface area contributed by atoms with Gasteiger partial charge in [-0.2, -0.15) is 4.98 Å². The summed E-state index contributed by atoms with van der Waals surface area (Å²) in [5.41, 5.74) is 1.41. The summed E-state index contributed by atoms with van der Waals surface area (Å²) in [7, 11) is 0. The van der Waals surface area contributed by atoms with E-state index in [0.29, 0.717) is 41.1 Å². The van der Waals surface area contributed by atoms with Crippen LogP contribution >= 0.6 is 0 Å². The fourth-order valence-corrected chi connectivity index (χ4v) is 2.95. The van der Waals surface area contributed by atoms with Crippen LogP contribution < -0.4 is 0 Å². The Morgan fingerprint density at radius 2 is 2.08 bits per heavy atom. The Hall–Kier alpha value is -2.90. The van der Waals surface area contributed by atoms with E-state index in [9.17, 15) is 13.6 Å². The molecule has 0 aliphatic heterocycles. The van der Waals surface area contributed by atoms with Gasteiger partial charge in [0.15, 0.2) is 11.5 Å². The maximum Gasteiger partial charge on any atom is 0.294 e. The minimum atomic E-state index is -2.63. The zero-order valence-electron chi connectivity index (χ0n) is 13.3. The number of fused-ring (bicyclic) bond motifs is 1. The first-order valence-electron chi connectivity index (χ1n) is 7.78. The molecule has 0 amide bonds. The fraction of sp³-hybridized carbons (Fsp3) is 0.294. The van der Waals surface area contributed by atoms with E-state index in [1.165, 1.54) is 18.3 Å². The summed E-state index contributed by atoms with van der Waals surface area (Å²) in [4.78, 5) is 20.0. The summed E-state index contributed by atoms with van der Waals surface area (Å²) in [6.07, 6.45) is 0.589. The molecular formula is C17H13F2N3O3. The van der Waals surface area contributed by atoms with Crippen molar-refractivity contribution in [1.29, 1.82) is 0 Å². The summed E-state index contributed by atoms with van der Waals surface area (Å²) in [6, 6.07) is 2.66. The van der Waals surface area contributed by atoms with E-state index < -0.39 is 6.43 Å². The first-order valence-corrected chi connectivity index (χ1v) is 7.78. The lowest BCUT2D eigenvalue weighted by molar-refractivity contribution is 0.0969. The number of nitrogens with zero attached hydrogens (tertiary/aromatic N) is 3. The summed E-state index contributed by atoms with van der Waals surface area (Å²) < 4.78 is 36.1. The Morgan fingerprint density at radius 1 is 1.24 bits per heavy atom. The summed E-state index contributed by atoms with van der Waals surface area (Å²) in [5, 5.41) is 3.85. The molecule has 3 aromatic rings. The van der Waals surface area contributed by atoms with Crippen LogP contribution in [0.15, 0.2) is 27.3 Å². The number of aryl methyl sites for hydroxylation is 1. The summed E-state index contributed by atoms with van der Waals surface area (Å²) in [6.45, 7) is 1.78. The highest BCUT2D eigenvalue weighted by Gasteiger charge is 2.29. The van der Waals surface area contributed by atoms with Gasteiger partial charge in [-0.3, -0.25) is 9.78 Å². The highest BCUT2D eigenvalue weighted by Crippen LogP contribution is 2.35. The van der Waals surface area contributed by atoms with Crippen molar-refractivity contribution in [3.63, 3.8) is 0 Å². The van der Waals surface area contributed by atoms with Gasteiger partial charge in [-0.1, -0.05) is 5.16 Å². The van der Waals surface area contributed by atoms with Crippen molar-refractivity contribution in [1.82, 2.24) is 15.1 Å². The topological polar surface area (TPSA) is 82.0 Å². The van der Waals surface area contributed by atoms with Gasteiger partial charge in [-0.25, -0.2) is 8.78 Å². The standard InChI is InChI=1S/C17H13F2N3O3/c1-8-13-11(23)3-2-4-12(13)24-14(8)17-21-16(22-25-17)9-5-6-10(15(18)19)20-7-9/h5-7,15H,2-4H2,1H3. The van der Waals surface area contributed by atoms with Crippen molar-refractivity contribution < 1.29 is 22.5 Å². The largest absolute Gasteiger partial charge is 0.455 e. The highest BCUT2D eigenvalue weighted by molar-refractivity contribution is 6.00. The Morgan fingerprint density at radius 3 is 2.76 bits per heavy atom. The van der Waals surface area contributed by atoms with Crippen LogP contribution in [0.1, 0.15) is 46.6 Å². The average Bonchev–Trinajstić information content (AvgIpc) is 3.20. The normalized spacial score (nSPS) is 14.2. The van der Waals surface area contributed by atoms with Crippen molar-refractivity contribution >= 4 is 5.78 Å². The third-order valence-corrected chi connectivity index (χ3v) is 4.19. The second-order valence-electron chi connectivity index (χ2n) is 5.83. The molecule has 0 bridgehead atoms. The lowest BCUT2D eigenvalue weighted by atomic mass is 9.94. The lowest BCUT2D eigenvalue weighted by Crippen LogP contribution is -2.09. The van der Waals surface area contributed by atoms with Gasteiger partial charge in [-0.05, 0) is 25.5 Å². The van der Waals surface area contributed by atoms with Crippen LogP contribution in [0.5, 0.6) is 0 Å². The third kappa shape index (κ3) is 2.63. The summed E-state index contributed by atoms with van der Waals surface area (Å²) in [5.74, 6) is 1.43. The third-order valence-electron chi connectivity index (χ3n) is 4.19. The molecule has 0 fully saturated rings. The molecule has 0 N–H and O–H groups in total. The number of carbonyl (C=O) groups is 1. The molecule has 0 unspecified atom stereocenters. The van der Waals surface area contributed by atoms with Crippen molar-refractivity contribution in [2.24, 2.45) is 0 Å². The number of alkyl halides is 2. The quantitative estimate of drug-likeness (QED) is 0.709. The molecule has 4 rings (SSSR count). The van der Waals surface area contributed by atoms with E-state index in [-0.39, 0.29) is 23.2 Å². The van der Waals surface area contributed by atoms with E-state index in [1.54, 1.807) is 6.92 Å². The van der Waals surface area contributed by atoms with E-state index in [4.69, 9.17) is 8.94 Å². The number of rotatable bonds is 3. The van der Waals surface area contributed by atoms with Crippen molar-refractivity contribution in [3.8, 4) is 23.0 Å². The first-order chi connectivity index (χ1) is 12.0. The van der Waals surface area contributed by atoms with Crippen LogP contribution in [0.25, 0.3) is 23.0 Å². The molecule has 1 aliphatic carbocycles. The number of furan rings is 1. The summed E-state index contributed by atoms with van der Waals surface area (Å²) >= 11 is 0. The monoisotopic (exact) mass is 345 g/mol. The minimum absolute atomic E-state index is 0.0558. The van der Waals surface area contributed by atoms with E-state index in [2.05, 4.69) is 15.1 Å². The smallest absolute Gasteiger partial charge is 0.294 e. The highest BCUT2D eigenvalue weighted by atomic mass is 19.3. The molecule has 128 valence electrons. The van der Waals surface area contributed by atoms with Gasteiger partial charge in [0.1, 0.15) is 11.5 Å². The molecule has 0 radical (unpaired) electrons. The lowest BCUT2D eigenvalue weighted by Gasteiger charge is -2.07. The molecule has 0 atom stereocenters. The van der Waals surface area contributed by atoms with E-state index in [1.807, 2.05) is 0 Å². The van der Waals surface area contributed by atoms with Gasteiger partial charge in [0.2, 0.25) is 5.82 Å². The Labute approximate surface area is 140 Å². The maximum atomic E-state index is 12.6. The SMILES string of the molecule is Cc1c(-c2nc(-c3ccc(C(F)F)nc3)no2)oc2c1C(=O)CCC2. The number of halogens is 2. The molecule has 3 aromatic heterocycles. The number of ketones is 1. The second-order valence-corrected chi connectivity index (χ2v) is 5.83. The van der Waals surface area contributed by atoms with Crippen LogP contribution in [0.4, 0.5) is 8.78 Å². The number of hydrogen-bond acceptors (Lipinski definition) is 6. The zero-order valence-corrected chi connectivity index (χ0v) is 13.3. The second kappa shape index (κ2) is 5.87. The molecule has 3 heterocycles. The van der Waals surface area contributed by atoms with Crippen LogP contribution in [-0.4, -0.2) is 20.9 Å². The number of hydrogen-bond donors (Lipinski definition) is 0. The number of pyridine rings is 1. The molecule has 1 aliphatic rings. The Balaban J connectivity index is 1.69. The van der Waals surface area contributed by atoms with Gasteiger partial charge in [0.05, 0.1) is 5.56 Å². The maximum absolute atomic E-state index is 12.6. The van der Waals surface area contributed by atoms with E-state index >= 15 is 0 Å². The van der Waals surface area contributed by atoms with Crippen LogP contribution in [-0.2, 0) is 6.42 Å². The molecule has 0 saturated carbocycles. The molecule has 0 saturated heterocycles. The first kappa shape index (κ1) is 15.6. The van der Waals surface area contributed by atoms with Crippen molar-refractivity contribution in [2.45, 2.75) is 32.6 Å². The average molecular weight is 345 g/mol. The fourth-order valence-electron chi connectivity index (χ4n) is 2.95.